The molecule has 0 saturated heterocycles. The molecule has 100 valence electrons. The van der Waals surface area contributed by atoms with E-state index in [1.54, 1.807) is 7.11 Å². The second-order valence-electron chi connectivity index (χ2n) is 4.34. The summed E-state index contributed by atoms with van der Waals surface area (Å²) in [5.74, 6) is -0.0600. The molecule has 1 unspecified atom stereocenters. The lowest BCUT2D eigenvalue weighted by Crippen LogP contribution is -2.16. The molecule has 0 heterocycles. The summed E-state index contributed by atoms with van der Waals surface area (Å²) in [5.41, 5.74) is 8.13. The molecule has 4 nitrogen and oxygen atoms in total. The summed E-state index contributed by atoms with van der Waals surface area (Å²) in [5, 5.41) is 2.82. The number of methoxy groups -OCH3 is 1. The van der Waals surface area contributed by atoms with Gasteiger partial charge in [0, 0.05) is 18.0 Å². The summed E-state index contributed by atoms with van der Waals surface area (Å²) in [6.07, 6.45) is 1.18. The Hall–Kier alpha value is -1.07. The number of carbonyl (C=O) groups excluding carboxylic acids is 1. The van der Waals surface area contributed by atoms with Crippen molar-refractivity contribution in [2.45, 2.75) is 32.8 Å². The molecule has 5 heteroatoms. The summed E-state index contributed by atoms with van der Waals surface area (Å²) in [7, 11) is 1.64. The lowest BCUT2D eigenvalue weighted by Gasteiger charge is -2.13. The summed E-state index contributed by atoms with van der Waals surface area (Å²) < 4.78 is 5.90. The third kappa shape index (κ3) is 4.31. The van der Waals surface area contributed by atoms with E-state index in [2.05, 4.69) is 21.2 Å². The molecule has 0 bridgehead atoms. The topological polar surface area (TPSA) is 64.3 Å². The standard InChI is InChI=1S/C13H19BrN2O2/c1-8-6-10(14)13(11(15)7-8)16-12(17)5-4-9(2)18-3/h6-7,9H,4-5,15H2,1-3H3,(H,16,17). The van der Waals surface area contributed by atoms with Crippen LogP contribution in [0.1, 0.15) is 25.3 Å². The molecule has 0 aliphatic rings. The molecule has 0 radical (unpaired) electrons. The van der Waals surface area contributed by atoms with Crippen molar-refractivity contribution >= 4 is 33.2 Å². The monoisotopic (exact) mass is 314 g/mol. The fourth-order valence-electron chi connectivity index (χ4n) is 1.56. The summed E-state index contributed by atoms with van der Waals surface area (Å²) in [6, 6.07) is 3.75. The smallest absolute Gasteiger partial charge is 0.224 e. The van der Waals surface area contributed by atoms with Crippen molar-refractivity contribution in [1.82, 2.24) is 0 Å². The van der Waals surface area contributed by atoms with E-state index in [0.29, 0.717) is 24.2 Å². The Morgan fingerprint density at radius 3 is 2.78 bits per heavy atom. The molecule has 3 N–H and O–H groups in total. The molecular weight excluding hydrogens is 296 g/mol. The highest BCUT2D eigenvalue weighted by atomic mass is 79.9. The van der Waals surface area contributed by atoms with Gasteiger partial charge in [-0.3, -0.25) is 4.79 Å². The first-order valence-corrected chi connectivity index (χ1v) is 6.61. The predicted octanol–water partition coefficient (Wildman–Crippen LogP) is 3.09. The van der Waals surface area contributed by atoms with Crippen LogP contribution < -0.4 is 11.1 Å². The van der Waals surface area contributed by atoms with Crippen LogP contribution in [0.5, 0.6) is 0 Å². The molecule has 0 aliphatic heterocycles. The molecule has 0 aliphatic carbocycles. The number of nitrogens with two attached hydrogens (primary N) is 1. The van der Waals surface area contributed by atoms with Crippen LogP contribution in [0.2, 0.25) is 0 Å². The average molecular weight is 315 g/mol. The third-order valence-electron chi connectivity index (χ3n) is 2.71. The van der Waals surface area contributed by atoms with Crippen LogP contribution >= 0.6 is 15.9 Å². The van der Waals surface area contributed by atoms with Crippen LogP contribution in [0.3, 0.4) is 0 Å². The highest BCUT2D eigenvalue weighted by Crippen LogP contribution is 2.30. The van der Waals surface area contributed by atoms with Gasteiger partial charge in [0.2, 0.25) is 5.91 Å². The van der Waals surface area contributed by atoms with Crippen molar-refractivity contribution in [1.29, 1.82) is 0 Å². The van der Waals surface area contributed by atoms with Crippen LogP contribution in [-0.4, -0.2) is 19.1 Å². The van der Waals surface area contributed by atoms with Gasteiger partial charge in [-0.05, 0) is 53.9 Å². The first-order valence-electron chi connectivity index (χ1n) is 5.82. The van der Waals surface area contributed by atoms with Crippen LogP contribution in [-0.2, 0) is 9.53 Å². The van der Waals surface area contributed by atoms with Crippen molar-refractivity contribution in [2.24, 2.45) is 0 Å². The Kier molecular flexibility index (Phi) is 5.62. The van der Waals surface area contributed by atoms with E-state index < -0.39 is 0 Å². The van der Waals surface area contributed by atoms with Gasteiger partial charge in [0.15, 0.2) is 0 Å². The minimum atomic E-state index is -0.0600. The number of carbonyl (C=O) groups is 1. The minimum Gasteiger partial charge on any atom is -0.397 e. The molecule has 1 amide bonds. The van der Waals surface area contributed by atoms with Crippen molar-refractivity contribution in [3.05, 3.63) is 22.2 Å². The first-order chi connectivity index (χ1) is 8.43. The van der Waals surface area contributed by atoms with Crippen molar-refractivity contribution in [2.75, 3.05) is 18.2 Å². The zero-order chi connectivity index (χ0) is 13.7. The lowest BCUT2D eigenvalue weighted by molar-refractivity contribution is -0.116. The second-order valence-corrected chi connectivity index (χ2v) is 5.20. The Balaban J connectivity index is 2.65. The number of ether oxygens (including phenoxy) is 1. The fraction of sp³-hybridized carbons (Fsp3) is 0.462. The molecule has 0 saturated carbocycles. The van der Waals surface area contributed by atoms with Gasteiger partial charge >= 0.3 is 0 Å². The van der Waals surface area contributed by atoms with E-state index >= 15 is 0 Å². The van der Waals surface area contributed by atoms with Crippen LogP contribution in [0.4, 0.5) is 11.4 Å². The fourth-order valence-corrected chi connectivity index (χ4v) is 2.24. The maximum Gasteiger partial charge on any atom is 0.224 e. The van der Waals surface area contributed by atoms with Gasteiger partial charge < -0.3 is 15.8 Å². The molecule has 1 aromatic rings. The maximum absolute atomic E-state index is 11.8. The predicted molar refractivity (Wildman–Crippen MR) is 77.6 cm³/mol. The molecule has 1 rings (SSSR count). The normalized spacial score (nSPS) is 12.2. The van der Waals surface area contributed by atoms with Gasteiger partial charge in [-0.2, -0.15) is 0 Å². The van der Waals surface area contributed by atoms with Crippen molar-refractivity contribution in [3.63, 3.8) is 0 Å². The van der Waals surface area contributed by atoms with E-state index in [-0.39, 0.29) is 12.0 Å². The quantitative estimate of drug-likeness (QED) is 0.821. The van der Waals surface area contributed by atoms with E-state index in [1.807, 2.05) is 26.0 Å². The first kappa shape index (κ1) is 15.0. The SMILES string of the molecule is COC(C)CCC(=O)Nc1c(N)cc(C)cc1Br. The minimum absolute atomic E-state index is 0.0600. The zero-order valence-electron chi connectivity index (χ0n) is 10.9. The largest absolute Gasteiger partial charge is 0.397 e. The summed E-state index contributed by atoms with van der Waals surface area (Å²) in [4.78, 5) is 11.8. The van der Waals surface area contributed by atoms with E-state index in [4.69, 9.17) is 10.5 Å². The number of nitrogen functional groups attached to an aromatic ring is 1. The maximum atomic E-state index is 11.8. The van der Waals surface area contributed by atoms with Gasteiger partial charge in [-0.25, -0.2) is 0 Å². The Morgan fingerprint density at radius 2 is 2.22 bits per heavy atom. The summed E-state index contributed by atoms with van der Waals surface area (Å²) in [6.45, 7) is 3.89. The highest BCUT2D eigenvalue weighted by Gasteiger charge is 2.11. The van der Waals surface area contributed by atoms with Crippen molar-refractivity contribution in [3.8, 4) is 0 Å². The van der Waals surface area contributed by atoms with E-state index in [9.17, 15) is 4.79 Å². The van der Waals surface area contributed by atoms with E-state index in [0.717, 1.165) is 10.0 Å². The average Bonchev–Trinajstić information content (AvgIpc) is 2.30. The van der Waals surface area contributed by atoms with Gasteiger partial charge in [0.1, 0.15) is 0 Å². The van der Waals surface area contributed by atoms with E-state index in [1.165, 1.54) is 0 Å². The number of rotatable bonds is 5. The number of halogens is 1. The molecule has 1 atom stereocenters. The zero-order valence-corrected chi connectivity index (χ0v) is 12.5. The molecule has 18 heavy (non-hydrogen) atoms. The van der Waals surface area contributed by atoms with Crippen molar-refractivity contribution < 1.29 is 9.53 Å². The number of amides is 1. The van der Waals surface area contributed by atoms with Crippen LogP contribution in [0, 0.1) is 6.92 Å². The second kappa shape index (κ2) is 6.75. The number of hydrogen-bond donors (Lipinski definition) is 2. The Morgan fingerprint density at radius 1 is 1.56 bits per heavy atom. The van der Waals surface area contributed by atoms with Gasteiger partial charge in [0.25, 0.3) is 0 Å². The number of nitrogens with one attached hydrogen (secondary N) is 1. The summed E-state index contributed by atoms with van der Waals surface area (Å²) >= 11 is 3.40. The molecule has 1 aromatic carbocycles. The molecule has 0 spiro atoms. The molecule has 0 fully saturated rings. The Bertz CT molecular complexity index is 412. The number of aryl methyl sites for hydroxylation is 1. The number of anilines is 2. The highest BCUT2D eigenvalue weighted by molar-refractivity contribution is 9.10. The number of hydrogen-bond acceptors (Lipinski definition) is 3. The Labute approximate surface area is 116 Å². The number of benzene rings is 1. The van der Waals surface area contributed by atoms with Gasteiger partial charge in [0.05, 0.1) is 17.5 Å². The van der Waals surface area contributed by atoms with Crippen LogP contribution in [0.15, 0.2) is 16.6 Å². The third-order valence-corrected chi connectivity index (χ3v) is 3.34. The van der Waals surface area contributed by atoms with Crippen LogP contribution in [0.25, 0.3) is 0 Å². The molecule has 0 aromatic heterocycles. The van der Waals surface area contributed by atoms with Gasteiger partial charge in [-0.1, -0.05) is 0 Å². The van der Waals surface area contributed by atoms with Gasteiger partial charge in [-0.15, -0.1) is 0 Å². The lowest BCUT2D eigenvalue weighted by atomic mass is 10.1. The molecular formula is C13H19BrN2O2.